The molecule has 1 aromatic carbocycles. The van der Waals surface area contributed by atoms with Crippen LogP contribution in [0.15, 0.2) is 22.7 Å². The number of alkyl halides is 3. The lowest BCUT2D eigenvalue weighted by Crippen LogP contribution is -2.56. The molecule has 2 amide bonds. The second-order valence-corrected chi connectivity index (χ2v) is 8.55. The van der Waals surface area contributed by atoms with Crippen molar-refractivity contribution in [3.63, 3.8) is 0 Å². The number of carbonyl (C=O) groups excluding carboxylic acids is 1. The molecule has 1 aromatic heterocycles. The zero-order valence-electron chi connectivity index (χ0n) is 18.4. The van der Waals surface area contributed by atoms with Crippen LogP contribution in [0.25, 0.3) is 0 Å². The molecule has 0 radical (unpaired) electrons. The number of amides is 2. The molecule has 4 rings (SSSR count). The summed E-state index contributed by atoms with van der Waals surface area (Å²) < 4.78 is 60.0. The molecule has 13 heteroatoms. The molecule has 2 N–H and O–H groups in total. The van der Waals surface area contributed by atoms with Crippen molar-refractivity contribution >= 4 is 12.0 Å². The second kappa shape index (κ2) is 9.65. The van der Waals surface area contributed by atoms with Crippen molar-refractivity contribution in [3.8, 4) is 5.75 Å². The molecular formula is C21H25F4N5O4. The Bertz CT molecular complexity index is 1010. The summed E-state index contributed by atoms with van der Waals surface area (Å²) in [7, 11) is 0. The normalized spacial score (nSPS) is 20.8. The highest BCUT2D eigenvalue weighted by Gasteiger charge is 2.41. The van der Waals surface area contributed by atoms with E-state index in [1.807, 2.05) is 4.90 Å². The van der Waals surface area contributed by atoms with E-state index in [0.29, 0.717) is 37.4 Å². The molecule has 9 nitrogen and oxygen atoms in total. The summed E-state index contributed by atoms with van der Waals surface area (Å²) in [5, 5.41) is 16.4. The number of aliphatic hydroxyl groups is 1. The van der Waals surface area contributed by atoms with Crippen molar-refractivity contribution in [3.05, 3.63) is 35.5 Å². The highest BCUT2D eigenvalue weighted by Crippen LogP contribution is 2.33. The molecule has 2 unspecified atom stereocenters. The summed E-state index contributed by atoms with van der Waals surface area (Å²) in [6.07, 6.45) is -2.70. The first kappa shape index (κ1) is 24.0. The predicted molar refractivity (Wildman–Crippen MR) is 110 cm³/mol. The lowest BCUT2D eigenvalue weighted by atomic mass is 9.94. The predicted octanol–water partition coefficient (Wildman–Crippen LogP) is 2.98. The number of anilines is 1. The van der Waals surface area contributed by atoms with Gasteiger partial charge in [0, 0.05) is 56.8 Å². The third-order valence-corrected chi connectivity index (χ3v) is 5.83. The van der Waals surface area contributed by atoms with Crippen LogP contribution >= 0.6 is 0 Å². The number of hydrogen-bond acceptors (Lipinski definition) is 7. The highest BCUT2D eigenvalue weighted by atomic mass is 19.4. The summed E-state index contributed by atoms with van der Waals surface area (Å²) in [4.78, 5) is 20.9. The van der Waals surface area contributed by atoms with Crippen LogP contribution in [-0.2, 0) is 6.54 Å². The van der Waals surface area contributed by atoms with Crippen LogP contribution < -0.4 is 15.0 Å². The van der Waals surface area contributed by atoms with Gasteiger partial charge >= 0.3 is 12.4 Å². The minimum absolute atomic E-state index is 0.0173. The summed E-state index contributed by atoms with van der Waals surface area (Å²) in [5.74, 6) is -0.904. The third-order valence-electron chi connectivity index (χ3n) is 5.83. The monoisotopic (exact) mass is 487 g/mol. The Hall–Kier alpha value is -3.09. The summed E-state index contributed by atoms with van der Waals surface area (Å²) in [5.41, 5.74) is 0.0272. The van der Waals surface area contributed by atoms with E-state index in [-0.39, 0.29) is 36.7 Å². The van der Waals surface area contributed by atoms with Crippen LogP contribution in [0.4, 0.5) is 28.3 Å². The van der Waals surface area contributed by atoms with Crippen LogP contribution in [0.1, 0.15) is 30.7 Å². The van der Waals surface area contributed by atoms with Crippen molar-refractivity contribution in [1.29, 1.82) is 0 Å². The molecule has 0 spiro atoms. The maximum absolute atomic E-state index is 14.3. The minimum Gasteiger partial charge on any atom is -0.406 e. The Morgan fingerprint density at radius 1 is 1.32 bits per heavy atom. The van der Waals surface area contributed by atoms with Crippen LogP contribution in [-0.4, -0.2) is 64.3 Å². The van der Waals surface area contributed by atoms with Crippen molar-refractivity contribution in [2.75, 3.05) is 24.6 Å². The molecule has 2 atom stereocenters. The van der Waals surface area contributed by atoms with Gasteiger partial charge in [0.2, 0.25) is 5.89 Å². The average Bonchev–Trinajstić information content (AvgIpc) is 3.50. The lowest BCUT2D eigenvalue weighted by molar-refractivity contribution is -0.274. The number of aromatic nitrogens is 2. The number of nitrogens with zero attached hydrogens (tertiary/aromatic N) is 4. The van der Waals surface area contributed by atoms with Crippen molar-refractivity contribution in [1.82, 2.24) is 20.4 Å². The van der Waals surface area contributed by atoms with E-state index < -0.39 is 24.0 Å². The smallest absolute Gasteiger partial charge is 0.406 e. The van der Waals surface area contributed by atoms with Gasteiger partial charge in [-0.15, -0.1) is 13.2 Å². The molecule has 2 aromatic rings. The van der Waals surface area contributed by atoms with E-state index in [9.17, 15) is 27.5 Å². The number of piperidine rings is 1. The van der Waals surface area contributed by atoms with Crippen molar-refractivity contribution in [2.45, 2.75) is 51.2 Å². The van der Waals surface area contributed by atoms with E-state index >= 15 is 0 Å². The quantitative estimate of drug-likeness (QED) is 0.579. The third kappa shape index (κ3) is 5.88. The molecule has 1 aliphatic carbocycles. The Morgan fingerprint density at radius 2 is 2.09 bits per heavy atom. The number of ether oxygens (including phenoxy) is 1. The zero-order valence-corrected chi connectivity index (χ0v) is 18.4. The minimum atomic E-state index is -4.92. The number of aliphatic hydroxyl groups excluding tert-OH is 1. The fourth-order valence-electron chi connectivity index (χ4n) is 4.20. The number of urea groups is 1. The number of nitrogens with one attached hydrogen (secondary N) is 1. The van der Waals surface area contributed by atoms with Gasteiger partial charge in [0.1, 0.15) is 11.6 Å². The molecule has 2 fully saturated rings. The van der Waals surface area contributed by atoms with Crippen molar-refractivity contribution in [2.24, 2.45) is 5.92 Å². The van der Waals surface area contributed by atoms with Gasteiger partial charge in [0.25, 0.3) is 5.95 Å². The van der Waals surface area contributed by atoms with E-state index in [4.69, 9.17) is 4.52 Å². The fraction of sp³-hybridized carbons (Fsp3) is 0.571. The number of benzene rings is 1. The Balaban J connectivity index is 1.43. The fourth-order valence-corrected chi connectivity index (χ4v) is 4.20. The van der Waals surface area contributed by atoms with Crippen LogP contribution in [0.5, 0.6) is 5.75 Å². The molecular weight excluding hydrogens is 462 g/mol. The molecule has 1 aliphatic heterocycles. The van der Waals surface area contributed by atoms with E-state index in [2.05, 4.69) is 20.2 Å². The molecule has 1 saturated heterocycles. The Kier molecular flexibility index (Phi) is 6.82. The van der Waals surface area contributed by atoms with Gasteiger partial charge in [0.15, 0.2) is 0 Å². The van der Waals surface area contributed by atoms with Crippen LogP contribution in [0.2, 0.25) is 0 Å². The van der Waals surface area contributed by atoms with Gasteiger partial charge in [-0.05, 0) is 30.5 Å². The standard InChI is InChI=1S/C21H25F4N5O4/c1-12-27-19(28-34-12)29-9-13(11-31)6-16(10-29)30(15-3-4-15)20(32)26-8-14-2-5-17(7-18(14)22)33-21(23,24)25/h2,5,7,13,15-16,31H,3-4,6,8-11H2,1H3,(H,26,32). The van der Waals surface area contributed by atoms with Gasteiger partial charge in [-0.2, -0.15) is 4.98 Å². The molecule has 2 heterocycles. The lowest BCUT2D eigenvalue weighted by Gasteiger charge is -2.42. The van der Waals surface area contributed by atoms with Gasteiger partial charge < -0.3 is 29.5 Å². The van der Waals surface area contributed by atoms with E-state index in [0.717, 1.165) is 25.0 Å². The second-order valence-electron chi connectivity index (χ2n) is 8.55. The SMILES string of the molecule is Cc1nc(N2CC(CO)CC(N(C(=O)NCc3ccc(OC(F)(F)F)cc3F)C3CC3)C2)no1. The van der Waals surface area contributed by atoms with Gasteiger partial charge in [-0.3, -0.25) is 0 Å². The first-order valence-corrected chi connectivity index (χ1v) is 10.9. The Morgan fingerprint density at radius 3 is 2.68 bits per heavy atom. The molecule has 34 heavy (non-hydrogen) atoms. The maximum Gasteiger partial charge on any atom is 0.573 e. The average molecular weight is 487 g/mol. The molecule has 0 bridgehead atoms. The summed E-state index contributed by atoms with van der Waals surface area (Å²) >= 11 is 0. The zero-order chi connectivity index (χ0) is 24.5. The summed E-state index contributed by atoms with van der Waals surface area (Å²) in [6.45, 7) is 2.36. The van der Waals surface area contributed by atoms with Gasteiger partial charge in [-0.25, -0.2) is 9.18 Å². The first-order valence-electron chi connectivity index (χ1n) is 10.9. The number of hydrogen-bond donors (Lipinski definition) is 2. The van der Waals surface area contributed by atoms with E-state index in [1.165, 1.54) is 0 Å². The number of aryl methyl sites for hydroxylation is 1. The number of halogens is 4. The molecule has 186 valence electrons. The van der Waals surface area contributed by atoms with E-state index in [1.54, 1.807) is 11.8 Å². The Labute approximate surface area is 192 Å². The van der Waals surface area contributed by atoms with Crippen LogP contribution in [0.3, 0.4) is 0 Å². The molecule has 1 saturated carbocycles. The maximum atomic E-state index is 14.3. The van der Waals surface area contributed by atoms with Gasteiger partial charge in [0.05, 0.1) is 6.04 Å². The number of rotatable bonds is 7. The topological polar surface area (TPSA) is 104 Å². The van der Waals surface area contributed by atoms with Crippen LogP contribution in [0, 0.1) is 18.7 Å². The van der Waals surface area contributed by atoms with Crippen molar-refractivity contribution < 1.29 is 36.7 Å². The first-order chi connectivity index (χ1) is 16.1. The van der Waals surface area contributed by atoms with Gasteiger partial charge in [-0.1, -0.05) is 6.07 Å². The largest absolute Gasteiger partial charge is 0.573 e. The highest BCUT2D eigenvalue weighted by molar-refractivity contribution is 5.75. The summed E-state index contributed by atoms with van der Waals surface area (Å²) in [6, 6.07) is 2.12. The number of carbonyl (C=O) groups is 1. The molecule has 2 aliphatic rings.